The van der Waals surface area contributed by atoms with E-state index in [0.29, 0.717) is 29.1 Å². The fourth-order valence-corrected chi connectivity index (χ4v) is 5.98. The highest BCUT2D eigenvalue weighted by atomic mass is 16.5. The monoisotopic (exact) mass is 582 g/mol. The molecule has 8 heteroatoms. The van der Waals surface area contributed by atoms with Crippen LogP contribution in [0, 0.1) is 6.92 Å². The lowest BCUT2D eigenvalue weighted by Gasteiger charge is -2.40. The van der Waals surface area contributed by atoms with Crippen LogP contribution in [-0.2, 0) is 0 Å². The highest BCUT2D eigenvalue weighted by Crippen LogP contribution is 2.48. The number of rotatable bonds is 6. The van der Waals surface area contributed by atoms with Crippen molar-refractivity contribution >= 4 is 34.6 Å². The number of anilines is 2. The molecule has 2 aliphatic rings. The first-order chi connectivity index (χ1) is 21.5. The zero-order valence-electron chi connectivity index (χ0n) is 25.4. The van der Waals surface area contributed by atoms with E-state index in [2.05, 4.69) is 73.5 Å². The van der Waals surface area contributed by atoms with E-state index in [4.69, 9.17) is 24.6 Å². The summed E-state index contributed by atoms with van der Waals surface area (Å²) in [4.78, 5) is 12.7. The number of nitrogens with zero attached hydrogens (tertiary/aromatic N) is 5. The van der Waals surface area contributed by atoms with E-state index in [1.807, 2.05) is 59.3 Å². The lowest BCUT2D eigenvalue weighted by Crippen LogP contribution is -2.46. The molecule has 0 saturated carbocycles. The first kappa shape index (κ1) is 27.5. The summed E-state index contributed by atoms with van der Waals surface area (Å²) >= 11 is 0. The smallest absolute Gasteiger partial charge is 0.179 e. The molecule has 0 fully saturated rings. The molecule has 3 heterocycles. The van der Waals surface area contributed by atoms with Crippen molar-refractivity contribution in [3.05, 3.63) is 119 Å². The van der Waals surface area contributed by atoms with Crippen LogP contribution in [-0.4, -0.2) is 35.7 Å². The molecule has 0 saturated heterocycles. The minimum Gasteiger partial charge on any atom is -0.493 e. The molecule has 44 heavy (non-hydrogen) atoms. The van der Waals surface area contributed by atoms with Crippen LogP contribution in [0.2, 0.25) is 0 Å². The van der Waals surface area contributed by atoms with Crippen LogP contribution in [0.15, 0.2) is 107 Å². The van der Waals surface area contributed by atoms with Gasteiger partial charge < -0.3 is 19.7 Å². The van der Waals surface area contributed by atoms with Gasteiger partial charge in [0, 0.05) is 17.3 Å². The molecule has 0 radical (unpaired) electrons. The summed E-state index contributed by atoms with van der Waals surface area (Å²) in [5.41, 5.74) is 8.05. The molecule has 1 aromatic heterocycles. The Morgan fingerprint density at radius 3 is 2.25 bits per heavy atom. The lowest BCUT2D eigenvalue weighted by molar-refractivity contribution is 0.355. The Labute approximate surface area is 257 Å². The predicted octanol–water partition coefficient (Wildman–Crippen LogP) is 8.12. The van der Waals surface area contributed by atoms with E-state index in [1.165, 1.54) is 5.56 Å². The standard InChI is InChI=1S/C36H34N6O2/c1-22(2)24-15-17-25(18-16-24)33-32-23(3)40-42(27-11-7-6-8-12-27)35(32)39-36-34(38-28-13-9-10-14-29(28)41(33)36)37-26-19-20-30(43-4)31(21-26)44-5/h6-22,33H,1-5H3,(H,37,38)/t33-/m1/s1. The normalized spacial score (nSPS) is 15.1. The minimum absolute atomic E-state index is 0.185. The summed E-state index contributed by atoms with van der Waals surface area (Å²) in [6.07, 6.45) is 0. The molecule has 4 aromatic carbocycles. The molecule has 2 aliphatic heterocycles. The Balaban J connectivity index is 1.45. The van der Waals surface area contributed by atoms with E-state index >= 15 is 0 Å². The fraction of sp³-hybridized carbons (Fsp3) is 0.194. The maximum atomic E-state index is 5.59. The van der Waals surface area contributed by atoms with Gasteiger partial charge in [0.2, 0.25) is 0 Å². The number of nitrogens with one attached hydrogen (secondary N) is 1. The SMILES string of the molecule is COc1ccc(NC2=Nc3ccccc3N3C2=Nc2c(c(C)nn2-c2ccccc2)[C@H]3c2ccc(C(C)C)cc2)cc1OC. The zero-order valence-corrected chi connectivity index (χ0v) is 25.4. The summed E-state index contributed by atoms with van der Waals surface area (Å²) in [6.45, 7) is 6.51. The maximum absolute atomic E-state index is 5.59. The Kier molecular flexibility index (Phi) is 6.89. The van der Waals surface area contributed by atoms with E-state index in [0.717, 1.165) is 45.4 Å². The number of amidine groups is 2. The number of benzene rings is 4. The number of fused-ring (bicyclic) bond motifs is 4. The van der Waals surface area contributed by atoms with Crippen molar-refractivity contribution in [2.24, 2.45) is 9.98 Å². The second kappa shape index (κ2) is 11.0. The van der Waals surface area contributed by atoms with Gasteiger partial charge in [0.15, 0.2) is 29.0 Å². The number of ether oxygens (including phenoxy) is 2. The topological polar surface area (TPSA) is 76.3 Å². The number of para-hydroxylation sites is 3. The number of hydrogen-bond acceptors (Lipinski definition) is 7. The van der Waals surface area contributed by atoms with Gasteiger partial charge in [-0.15, -0.1) is 0 Å². The Morgan fingerprint density at radius 1 is 0.795 bits per heavy atom. The van der Waals surface area contributed by atoms with Crippen LogP contribution < -0.4 is 19.7 Å². The Bertz CT molecular complexity index is 1910. The predicted molar refractivity (Wildman–Crippen MR) is 177 cm³/mol. The van der Waals surface area contributed by atoms with E-state index in [-0.39, 0.29) is 6.04 Å². The quantitative estimate of drug-likeness (QED) is 0.219. The first-order valence-corrected chi connectivity index (χ1v) is 14.8. The van der Waals surface area contributed by atoms with Gasteiger partial charge in [-0.1, -0.05) is 68.4 Å². The fourth-order valence-electron chi connectivity index (χ4n) is 5.98. The van der Waals surface area contributed by atoms with Gasteiger partial charge in [-0.25, -0.2) is 14.7 Å². The largest absolute Gasteiger partial charge is 0.493 e. The molecule has 0 unspecified atom stereocenters. The summed E-state index contributed by atoms with van der Waals surface area (Å²) in [6, 6.07) is 32.9. The lowest BCUT2D eigenvalue weighted by atomic mass is 9.91. The van der Waals surface area contributed by atoms with Crippen LogP contribution in [0.3, 0.4) is 0 Å². The van der Waals surface area contributed by atoms with Crippen LogP contribution >= 0.6 is 0 Å². The maximum Gasteiger partial charge on any atom is 0.179 e. The number of aromatic nitrogens is 2. The van der Waals surface area contributed by atoms with Crippen molar-refractivity contribution < 1.29 is 9.47 Å². The van der Waals surface area contributed by atoms with E-state index < -0.39 is 0 Å². The van der Waals surface area contributed by atoms with Gasteiger partial charge in [-0.3, -0.25) is 0 Å². The molecule has 220 valence electrons. The minimum atomic E-state index is -0.185. The first-order valence-electron chi connectivity index (χ1n) is 14.8. The van der Waals surface area contributed by atoms with Gasteiger partial charge in [-0.05, 0) is 60.4 Å². The van der Waals surface area contributed by atoms with Crippen LogP contribution in [0.25, 0.3) is 5.69 Å². The van der Waals surface area contributed by atoms with Crippen molar-refractivity contribution in [3.8, 4) is 17.2 Å². The molecule has 1 N–H and O–H groups in total. The molecule has 7 rings (SSSR count). The third-order valence-corrected chi connectivity index (χ3v) is 8.20. The Morgan fingerprint density at radius 2 is 1.52 bits per heavy atom. The number of methoxy groups -OCH3 is 2. The average Bonchev–Trinajstić information content (AvgIpc) is 3.40. The highest BCUT2D eigenvalue weighted by molar-refractivity contribution is 6.51. The molecule has 1 atom stereocenters. The molecule has 0 spiro atoms. The van der Waals surface area contributed by atoms with Crippen molar-refractivity contribution in [1.29, 1.82) is 0 Å². The third-order valence-electron chi connectivity index (χ3n) is 8.20. The van der Waals surface area contributed by atoms with Crippen molar-refractivity contribution in [2.45, 2.75) is 32.7 Å². The zero-order chi connectivity index (χ0) is 30.4. The van der Waals surface area contributed by atoms with E-state index in [1.54, 1.807) is 14.2 Å². The average molecular weight is 583 g/mol. The summed E-state index contributed by atoms with van der Waals surface area (Å²) in [5, 5.41) is 8.59. The van der Waals surface area contributed by atoms with Crippen molar-refractivity contribution in [1.82, 2.24) is 9.78 Å². The third kappa shape index (κ3) is 4.59. The van der Waals surface area contributed by atoms with Crippen LogP contribution in [0.5, 0.6) is 11.5 Å². The van der Waals surface area contributed by atoms with Gasteiger partial charge >= 0.3 is 0 Å². The van der Waals surface area contributed by atoms with E-state index in [9.17, 15) is 0 Å². The molecular formula is C36H34N6O2. The molecule has 0 amide bonds. The molecule has 0 bridgehead atoms. The van der Waals surface area contributed by atoms with Gasteiger partial charge in [0.05, 0.1) is 43.0 Å². The van der Waals surface area contributed by atoms with Crippen molar-refractivity contribution in [3.63, 3.8) is 0 Å². The van der Waals surface area contributed by atoms with Crippen LogP contribution in [0.4, 0.5) is 22.9 Å². The molecule has 0 aliphatic carbocycles. The van der Waals surface area contributed by atoms with Crippen molar-refractivity contribution in [2.75, 3.05) is 24.4 Å². The molecule has 5 aromatic rings. The van der Waals surface area contributed by atoms with Gasteiger partial charge in [0.1, 0.15) is 0 Å². The summed E-state index contributed by atoms with van der Waals surface area (Å²) in [5.74, 6) is 3.84. The number of aliphatic imine (C=N–C) groups is 2. The summed E-state index contributed by atoms with van der Waals surface area (Å²) in [7, 11) is 3.26. The molecular weight excluding hydrogens is 548 g/mol. The van der Waals surface area contributed by atoms with Gasteiger partial charge in [-0.2, -0.15) is 5.10 Å². The molecule has 8 nitrogen and oxygen atoms in total. The second-order valence-electron chi connectivity index (χ2n) is 11.2. The number of hydrogen-bond donors (Lipinski definition) is 1. The number of aryl methyl sites for hydroxylation is 1. The second-order valence-corrected chi connectivity index (χ2v) is 11.2. The van der Waals surface area contributed by atoms with Crippen LogP contribution in [0.1, 0.15) is 48.2 Å². The Hall–Kier alpha value is -5.37. The summed E-state index contributed by atoms with van der Waals surface area (Å²) < 4.78 is 13.0. The van der Waals surface area contributed by atoms with Gasteiger partial charge in [0.25, 0.3) is 0 Å². The highest BCUT2D eigenvalue weighted by Gasteiger charge is 2.41.